The van der Waals surface area contributed by atoms with Crippen LogP contribution in [0.5, 0.6) is 0 Å². The summed E-state index contributed by atoms with van der Waals surface area (Å²) in [5.74, 6) is -2.48. The van der Waals surface area contributed by atoms with Gasteiger partial charge in [-0.1, -0.05) is 17.7 Å². The molecular weight excluding hydrogens is 284 g/mol. The number of hydrogen-bond acceptors (Lipinski definition) is 3. The Morgan fingerprint density at radius 2 is 1.91 bits per heavy atom. The number of nitrogens with zero attached hydrogens (tertiary/aromatic N) is 1. The maximum Gasteiger partial charge on any atom is 0.307 e. The summed E-state index contributed by atoms with van der Waals surface area (Å²) in [6, 6.07) is 7.10. The number of rotatable bonds is 4. The van der Waals surface area contributed by atoms with Crippen molar-refractivity contribution in [1.29, 1.82) is 0 Å². The first kappa shape index (κ1) is 14.6. The lowest BCUT2D eigenvalue weighted by molar-refractivity contribution is -0.140. The third kappa shape index (κ3) is 2.68. The lowest BCUT2D eigenvalue weighted by Crippen LogP contribution is -2.42. The van der Waals surface area contributed by atoms with Crippen molar-refractivity contribution in [2.24, 2.45) is 11.8 Å². The van der Waals surface area contributed by atoms with E-state index in [9.17, 15) is 14.4 Å². The molecule has 0 spiro atoms. The lowest BCUT2D eigenvalue weighted by Gasteiger charge is -2.17. The molecule has 2 aliphatic rings. The maximum atomic E-state index is 12.4. The quantitative estimate of drug-likeness (QED) is 0.866. The molecule has 1 aromatic rings. The summed E-state index contributed by atoms with van der Waals surface area (Å²) >= 11 is 0. The predicted molar refractivity (Wildman–Crippen MR) is 79.3 cm³/mol. The Morgan fingerprint density at radius 3 is 2.50 bits per heavy atom. The maximum absolute atomic E-state index is 12.4. The van der Waals surface area contributed by atoms with E-state index in [0.29, 0.717) is 19.4 Å². The number of carboxylic acid groups (broad SMARTS) is 1. The number of carbonyl (C=O) groups is 3. The van der Waals surface area contributed by atoms with Crippen molar-refractivity contribution in [2.45, 2.75) is 25.8 Å². The number of amides is 2. The van der Waals surface area contributed by atoms with Gasteiger partial charge in [0, 0.05) is 12.2 Å². The monoisotopic (exact) mass is 302 g/mol. The molecule has 0 radical (unpaired) electrons. The third-order valence-electron chi connectivity index (χ3n) is 4.31. The largest absolute Gasteiger partial charge is 0.481 e. The van der Waals surface area contributed by atoms with Crippen LogP contribution in [0.3, 0.4) is 0 Å². The Balaban J connectivity index is 1.61. The van der Waals surface area contributed by atoms with E-state index in [1.807, 2.05) is 31.2 Å². The Kier molecular flexibility index (Phi) is 3.60. The van der Waals surface area contributed by atoms with Crippen LogP contribution in [0.25, 0.3) is 0 Å². The molecule has 2 amide bonds. The minimum Gasteiger partial charge on any atom is -0.481 e. The molecule has 6 heteroatoms. The van der Waals surface area contributed by atoms with E-state index in [-0.39, 0.29) is 11.8 Å². The molecule has 2 fully saturated rings. The van der Waals surface area contributed by atoms with E-state index in [1.54, 1.807) is 4.90 Å². The van der Waals surface area contributed by atoms with Crippen LogP contribution >= 0.6 is 0 Å². The summed E-state index contributed by atoms with van der Waals surface area (Å²) in [4.78, 5) is 36.8. The first-order valence-electron chi connectivity index (χ1n) is 7.38. The number of nitrogens with one attached hydrogen (secondary N) is 1. The standard InChI is InChI=1S/C16H18N2O4/c1-9-2-4-10(5-3-9)18-7-6-13(15(18)20)17-14(19)11-8-12(11)16(21)22/h2-5,11-13H,6-8H2,1H3,(H,17,19)(H,21,22)/t11-,12+,13-/m0/s1. The fourth-order valence-electron chi connectivity index (χ4n) is 2.83. The summed E-state index contributed by atoms with van der Waals surface area (Å²) in [6.07, 6.45) is 0.909. The Labute approximate surface area is 128 Å². The van der Waals surface area contributed by atoms with E-state index in [1.165, 1.54) is 0 Å². The molecule has 22 heavy (non-hydrogen) atoms. The number of anilines is 1. The zero-order valence-electron chi connectivity index (χ0n) is 12.3. The number of carbonyl (C=O) groups excluding carboxylic acids is 2. The van der Waals surface area contributed by atoms with E-state index in [0.717, 1.165) is 11.3 Å². The van der Waals surface area contributed by atoms with Crippen molar-refractivity contribution in [3.8, 4) is 0 Å². The first-order chi connectivity index (χ1) is 10.5. The van der Waals surface area contributed by atoms with Crippen LogP contribution in [-0.4, -0.2) is 35.5 Å². The van der Waals surface area contributed by atoms with Crippen LogP contribution in [-0.2, 0) is 14.4 Å². The molecule has 1 saturated carbocycles. The second-order valence-corrected chi connectivity index (χ2v) is 5.96. The van der Waals surface area contributed by atoms with Gasteiger partial charge >= 0.3 is 5.97 Å². The molecule has 1 aromatic carbocycles. The topological polar surface area (TPSA) is 86.7 Å². The highest BCUT2D eigenvalue weighted by molar-refractivity contribution is 6.02. The van der Waals surface area contributed by atoms with Crippen molar-refractivity contribution in [1.82, 2.24) is 5.32 Å². The Bertz CT molecular complexity index is 626. The summed E-state index contributed by atoms with van der Waals surface area (Å²) < 4.78 is 0. The highest BCUT2D eigenvalue weighted by atomic mass is 16.4. The first-order valence-corrected chi connectivity index (χ1v) is 7.38. The molecule has 1 saturated heterocycles. The highest BCUT2D eigenvalue weighted by Gasteiger charge is 2.49. The summed E-state index contributed by atoms with van der Waals surface area (Å²) in [5.41, 5.74) is 1.94. The van der Waals surface area contributed by atoms with Gasteiger partial charge in [0.05, 0.1) is 11.8 Å². The molecule has 1 aliphatic carbocycles. The molecule has 3 rings (SSSR count). The van der Waals surface area contributed by atoms with Crippen molar-refractivity contribution in [2.75, 3.05) is 11.4 Å². The zero-order valence-corrected chi connectivity index (χ0v) is 12.3. The molecule has 0 unspecified atom stereocenters. The fraction of sp³-hybridized carbons (Fsp3) is 0.438. The fourth-order valence-corrected chi connectivity index (χ4v) is 2.83. The molecule has 3 atom stereocenters. The minimum absolute atomic E-state index is 0.135. The van der Waals surface area contributed by atoms with Gasteiger partial charge in [0.2, 0.25) is 11.8 Å². The number of aryl methyl sites for hydroxylation is 1. The second-order valence-electron chi connectivity index (χ2n) is 5.96. The van der Waals surface area contributed by atoms with E-state index in [4.69, 9.17) is 5.11 Å². The SMILES string of the molecule is Cc1ccc(N2CC[C@H](NC(=O)[C@H]3C[C@H]3C(=O)O)C2=O)cc1. The third-order valence-corrected chi connectivity index (χ3v) is 4.31. The number of aliphatic carboxylic acids is 1. The summed E-state index contributed by atoms with van der Waals surface area (Å²) in [7, 11) is 0. The van der Waals surface area contributed by atoms with Gasteiger partial charge in [-0.2, -0.15) is 0 Å². The average Bonchev–Trinajstić information content (AvgIpc) is 3.22. The molecule has 2 N–H and O–H groups in total. The van der Waals surface area contributed by atoms with Crippen molar-refractivity contribution >= 4 is 23.5 Å². The van der Waals surface area contributed by atoms with Crippen LogP contribution in [0.2, 0.25) is 0 Å². The van der Waals surface area contributed by atoms with Gasteiger partial charge in [-0.3, -0.25) is 14.4 Å². The number of benzene rings is 1. The molecule has 1 heterocycles. The van der Waals surface area contributed by atoms with Crippen molar-refractivity contribution in [3.63, 3.8) is 0 Å². The number of carboxylic acids is 1. The van der Waals surface area contributed by atoms with Gasteiger partial charge in [-0.15, -0.1) is 0 Å². The Morgan fingerprint density at radius 1 is 1.23 bits per heavy atom. The van der Waals surface area contributed by atoms with Gasteiger partial charge < -0.3 is 15.3 Å². The van der Waals surface area contributed by atoms with Gasteiger partial charge in [0.15, 0.2) is 0 Å². The van der Waals surface area contributed by atoms with Gasteiger partial charge in [-0.05, 0) is 31.9 Å². The molecule has 0 aromatic heterocycles. The predicted octanol–water partition coefficient (Wildman–Crippen LogP) is 0.937. The van der Waals surface area contributed by atoms with Gasteiger partial charge in [-0.25, -0.2) is 0 Å². The van der Waals surface area contributed by atoms with Crippen molar-refractivity contribution in [3.05, 3.63) is 29.8 Å². The highest BCUT2D eigenvalue weighted by Crippen LogP contribution is 2.39. The zero-order chi connectivity index (χ0) is 15.9. The molecule has 116 valence electrons. The average molecular weight is 302 g/mol. The summed E-state index contributed by atoms with van der Waals surface area (Å²) in [6.45, 7) is 2.53. The van der Waals surface area contributed by atoms with E-state index >= 15 is 0 Å². The van der Waals surface area contributed by atoms with E-state index in [2.05, 4.69) is 5.32 Å². The molecule has 1 aliphatic heterocycles. The number of hydrogen-bond donors (Lipinski definition) is 2. The second kappa shape index (κ2) is 5.44. The molecular formula is C16H18N2O4. The van der Waals surface area contributed by atoms with Crippen LogP contribution in [0.1, 0.15) is 18.4 Å². The van der Waals surface area contributed by atoms with Gasteiger partial charge in [0.1, 0.15) is 6.04 Å². The van der Waals surface area contributed by atoms with Crippen LogP contribution in [0.4, 0.5) is 5.69 Å². The minimum atomic E-state index is -0.945. The summed E-state index contributed by atoms with van der Waals surface area (Å²) in [5, 5.41) is 11.5. The van der Waals surface area contributed by atoms with E-state index < -0.39 is 23.8 Å². The van der Waals surface area contributed by atoms with Gasteiger partial charge in [0.25, 0.3) is 0 Å². The molecule has 0 bridgehead atoms. The van der Waals surface area contributed by atoms with Crippen LogP contribution in [0.15, 0.2) is 24.3 Å². The van der Waals surface area contributed by atoms with Crippen LogP contribution in [0, 0.1) is 18.8 Å². The normalized spacial score (nSPS) is 26.9. The van der Waals surface area contributed by atoms with Crippen LogP contribution < -0.4 is 10.2 Å². The smallest absolute Gasteiger partial charge is 0.307 e. The lowest BCUT2D eigenvalue weighted by atomic mass is 10.2. The molecule has 6 nitrogen and oxygen atoms in total. The Hall–Kier alpha value is -2.37. The van der Waals surface area contributed by atoms with Crippen molar-refractivity contribution < 1.29 is 19.5 Å².